The van der Waals surface area contributed by atoms with Crippen LogP contribution >= 0.6 is 0 Å². The van der Waals surface area contributed by atoms with Gasteiger partial charge in [0.15, 0.2) is 12.6 Å². The number of carboxylic acid groups (broad SMARTS) is 2. The molecular formula is C20H32O20. The van der Waals surface area contributed by atoms with E-state index in [4.69, 9.17) is 29.2 Å². The summed E-state index contributed by atoms with van der Waals surface area (Å²) in [5.74, 6) is -7.49. The lowest BCUT2D eigenvalue weighted by molar-refractivity contribution is -0.333. The van der Waals surface area contributed by atoms with E-state index in [9.17, 15) is 70.6 Å². The number of ether oxygens (including phenoxy) is 4. The Labute approximate surface area is 223 Å². The van der Waals surface area contributed by atoms with Gasteiger partial charge in [0.1, 0.15) is 67.1 Å². The first-order valence-electron chi connectivity index (χ1n) is 11.5. The number of ketones is 1. The van der Waals surface area contributed by atoms with E-state index in [1.54, 1.807) is 0 Å². The summed E-state index contributed by atoms with van der Waals surface area (Å²) in [6, 6.07) is 0. The van der Waals surface area contributed by atoms with Crippen LogP contribution in [0.5, 0.6) is 0 Å². The Bertz CT molecular complexity index is 884. The van der Waals surface area contributed by atoms with Crippen LogP contribution in [0, 0.1) is 0 Å². The van der Waals surface area contributed by atoms with Crippen LogP contribution in [-0.4, -0.2) is 189 Å². The second-order valence-electron chi connectivity index (χ2n) is 9.09. The number of hydrogen-bond donors (Lipinski definition) is 13. The third-order valence-electron chi connectivity index (χ3n) is 6.39. The topological polar surface area (TPSA) is 351 Å². The van der Waals surface area contributed by atoms with Crippen LogP contribution in [0.4, 0.5) is 0 Å². The zero-order valence-electron chi connectivity index (χ0n) is 20.3. The Kier molecular flexibility index (Phi) is 11.8. The standard InChI is InChI=1S/C20H32O20/c21-1-5-8(24)10(26)12(28)18(39-5)38-3-6-9(25)11(27)13(29)17(40-6)37-2-4(22)7(23)14(30)20(36,19(34)35)15(31)16(32)33/h4-14,17-18,21-30,36H,1-3H2,(H,32,33)(H,34,35)/t4-,5-,6-,7-,8-,9-,10+,11+,12-,13-,14+,17+,18+,20-/m1/s1. The number of Topliss-reactive ketones (excluding diaryl/α,β-unsaturated/α-hetero) is 1. The highest BCUT2D eigenvalue weighted by Crippen LogP contribution is 2.26. The van der Waals surface area contributed by atoms with Crippen LogP contribution in [0.2, 0.25) is 0 Å². The van der Waals surface area contributed by atoms with E-state index in [1.807, 2.05) is 0 Å². The van der Waals surface area contributed by atoms with Gasteiger partial charge in [-0.05, 0) is 0 Å². The molecule has 0 amide bonds. The van der Waals surface area contributed by atoms with E-state index in [-0.39, 0.29) is 0 Å². The summed E-state index contributed by atoms with van der Waals surface area (Å²) in [5.41, 5.74) is -4.08. The van der Waals surface area contributed by atoms with E-state index < -0.39 is 123 Å². The molecule has 2 aliphatic rings. The van der Waals surface area contributed by atoms with Gasteiger partial charge in [0.25, 0.3) is 11.4 Å². The van der Waals surface area contributed by atoms with E-state index in [1.165, 1.54) is 0 Å². The van der Waals surface area contributed by atoms with Gasteiger partial charge in [-0.3, -0.25) is 4.79 Å². The van der Waals surface area contributed by atoms with Crippen molar-refractivity contribution in [3.8, 4) is 0 Å². The summed E-state index contributed by atoms with van der Waals surface area (Å²) >= 11 is 0. The molecule has 2 aliphatic heterocycles. The molecule has 0 aliphatic carbocycles. The number of aliphatic hydroxyl groups excluding tert-OH is 10. The van der Waals surface area contributed by atoms with Gasteiger partial charge < -0.3 is 85.3 Å². The van der Waals surface area contributed by atoms with Gasteiger partial charge in [-0.25, -0.2) is 9.59 Å². The maximum absolute atomic E-state index is 11.6. The maximum Gasteiger partial charge on any atom is 0.376 e. The van der Waals surface area contributed by atoms with Gasteiger partial charge in [-0.1, -0.05) is 0 Å². The van der Waals surface area contributed by atoms with E-state index >= 15 is 0 Å². The lowest BCUT2D eigenvalue weighted by Crippen LogP contribution is -2.64. The first-order valence-corrected chi connectivity index (χ1v) is 11.5. The van der Waals surface area contributed by atoms with Crippen LogP contribution in [0.15, 0.2) is 0 Å². The Morgan fingerprint density at radius 3 is 1.70 bits per heavy atom. The third-order valence-corrected chi connectivity index (χ3v) is 6.39. The van der Waals surface area contributed by atoms with Crippen LogP contribution in [-0.2, 0) is 33.3 Å². The molecule has 2 heterocycles. The molecule has 2 saturated heterocycles. The molecule has 0 aromatic carbocycles. The van der Waals surface area contributed by atoms with Gasteiger partial charge in [0, 0.05) is 0 Å². The molecule has 2 rings (SSSR count). The number of aliphatic carboxylic acids is 2. The molecule has 0 bridgehead atoms. The highest BCUT2D eigenvalue weighted by atomic mass is 16.7. The van der Waals surface area contributed by atoms with Crippen LogP contribution in [0.25, 0.3) is 0 Å². The molecule has 20 heteroatoms. The van der Waals surface area contributed by atoms with Crippen molar-refractivity contribution in [1.82, 2.24) is 0 Å². The van der Waals surface area contributed by atoms with Gasteiger partial charge in [-0.2, -0.15) is 0 Å². The lowest BCUT2D eigenvalue weighted by Gasteiger charge is -2.42. The first-order chi connectivity index (χ1) is 18.5. The smallest absolute Gasteiger partial charge is 0.376 e. The number of rotatable bonds is 13. The van der Waals surface area contributed by atoms with Crippen molar-refractivity contribution in [1.29, 1.82) is 0 Å². The predicted octanol–water partition coefficient (Wildman–Crippen LogP) is -8.82. The second-order valence-corrected chi connectivity index (χ2v) is 9.09. The van der Waals surface area contributed by atoms with Crippen molar-refractivity contribution < 1.29 is 99.7 Å². The largest absolute Gasteiger partial charge is 0.479 e. The summed E-state index contributed by atoms with van der Waals surface area (Å²) in [5, 5.41) is 127. The molecule has 0 aromatic rings. The zero-order valence-corrected chi connectivity index (χ0v) is 20.3. The average Bonchev–Trinajstić information content (AvgIpc) is 2.92. The highest BCUT2D eigenvalue weighted by Gasteiger charge is 2.57. The van der Waals surface area contributed by atoms with Crippen LogP contribution in [0.3, 0.4) is 0 Å². The Morgan fingerprint density at radius 1 is 0.750 bits per heavy atom. The van der Waals surface area contributed by atoms with Gasteiger partial charge >= 0.3 is 11.9 Å². The fourth-order valence-corrected chi connectivity index (χ4v) is 3.86. The summed E-state index contributed by atoms with van der Waals surface area (Å²) in [6.07, 6.45) is -25.9. The van der Waals surface area contributed by atoms with Crippen molar-refractivity contribution in [2.24, 2.45) is 0 Å². The molecular weight excluding hydrogens is 560 g/mol. The van der Waals surface area contributed by atoms with Crippen molar-refractivity contribution in [2.45, 2.75) is 85.3 Å². The molecule has 232 valence electrons. The lowest BCUT2D eigenvalue weighted by atomic mass is 9.86. The molecule has 0 radical (unpaired) electrons. The number of aliphatic hydroxyl groups is 11. The molecule has 14 atom stereocenters. The SMILES string of the molecule is O=C(O)C(=O)[C@@](O)(C(=O)O)[C@@H](O)[C@H](O)[C@H](O)CO[C@H]1O[C@H](CO[C@H]2O[C@H](CO)[C@@H](O)[C@H](O)[C@H]2O)[C@@H](O)[C@H](O)[C@H]1O. The second kappa shape index (κ2) is 13.8. The number of carbonyl (C=O) groups excluding carboxylic acids is 1. The van der Waals surface area contributed by atoms with Crippen molar-refractivity contribution in [3.05, 3.63) is 0 Å². The Balaban J connectivity index is 2.05. The molecule has 0 aromatic heterocycles. The summed E-state index contributed by atoms with van der Waals surface area (Å²) in [6.45, 7) is -2.67. The first kappa shape index (κ1) is 34.2. The number of hydrogen-bond acceptors (Lipinski definition) is 18. The number of carboxylic acids is 2. The molecule has 0 spiro atoms. The molecule has 2 fully saturated rings. The monoisotopic (exact) mass is 592 g/mol. The minimum absolute atomic E-state index is 0.736. The molecule has 13 N–H and O–H groups in total. The summed E-state index contributed by atoms with van der Waals surface area (Å²) < 4.78 is 20.6. The highest BCUT2D eigenvalue weighted by molar-refractivity contribution is 6.40. The minimum Gasteiger partial charge on any atom is -0.479 e. The van der Waals surface area contributed by atoms with Crippen molar-refractivity contribution in [2.75, 3.05) is 19.8 Å². The minimum atomic E-state index is -4.08. The maximum atomic E-state index is 11.6. The number of carbonyl (C=O) groups is 3. The quantitative estimate of drug-likeness (QED) is 0.0697. The van der Waals surface area contributed by atoms with Gasteiger partial charge in [0.05, 0.1) is 19.8 Å². The average molecular weight is 592 g/mol. The van der Waals surface area contributed by atoms with Gasteiger partial charge in [-0.15, -0.1) is 0 Å². The van der Waals surface area contributed by atoms with Gasteiger partial charge in [0.2, 0.25) is 0 Å². The van der Waals surface area contributed by atoms with Crippen molar-refractivity contribution in [3.63, 3.8) is 0 Å². The fraction of sp³-hybridized carbons (Fsp3) is 0.850. The molecule has 20 nitrogen and oxygen atoms in total. The Hall–Kier alpha value is -1.99. The van der Waals surface area contributed by atoms with E-state index in [0.717, 1.165) is 0 Å². The van der Waals surface area contributed by atoms with Crippen molar-refractivity contribution >= 4 is 17.7 Å². The van der Waals surface area contributed by atoms with Crippen LogP contribution < -0.4 is 0 Å². The third kappa shape index (κ3) is 6.89. The summed E-state index contributed by atoms with van der Waals surface area (Å²) in [7, 11) is 0. The molecule has 0 saturated carbocycles. The van der Waals surface area contributed by atoms with E-state index in [2.05, 4.69) is 0 Å². The molecule has 0 unspecified atom stereocenters. The van der Waals surface area contributed by atoms with E-state index in [0.29, 0.717) is 0 Å². The normalized spacial score (nSPS) is 38.6. The summed E-state index contributed by atoms with van der Waals surface area (Å²) in [4.78, 5) is 33.7. The fourth-order valence-electron chi connectivity index (χ4n) is 3.86. The zero-order chi connectivity index (χ0) is 30.7. The molecule has 40 heavy (non-hydrogen) atoms. The van der Waals surface area contributed by atoms with Crippen LogP contribution in [0.1, 0.15) is 0 Å². The Morgan fingerprint density at radius 2 is 1.23 bits per heavy atom. The predicted molar refractivity (Wildman–Crippen MR) is 116 cm³/mol.